The summed E-state index contributed by atoms with van der Waals surface area (Å²) in [6.07, 6.45) is 0. The van der Waals surface area contributed by atoms with E-state index in [0.29, 0.717) is 17.4 Å². The van der Waals surface area contributed by atoms with E-state index in [1.807, 2.05) is 25.1 Å². The molecule has 0 saturated carbocycles. The molecule has 5 nitrogen and oxygen atoms in total. The Hall–Kier alpha value is -2.99. The average Bonchev–Trinajstić information content (AvgIpc) is 3.03. The number of aryl methyl sites for hydroxylation is 1. The first-order valence-corrected chi connectivity index (χ1v) is 9.35. The standard InChI is InChI=1S/C22H25FN4O/c1-15(2)22(17-7-5-4-6-8-17)24-14-21(28)25-20-13-16(3)26-27(20)19-11-9-18(23)10-12-19/h4-13,15,22,24H,14H2,1-3H3,(H,25,28). The molecule has 0 aliphatic heterocycles. The third-order valence-corrected chi connectivity index (χ3v) is 4.48. The molecule has 0 aliphatic carbocycles. The van der Waals surface area contributed by atoms with Crippen molar-refractivity contribution in [1.82, 2.24) is 15.1 Å². The van der Waals surface area contributed by atoms with Crippen LogP contribution in [0.4, 0.5) is 10.2 Å². The summed E-state index contributed by atoms with van der Waals surface area (Å²) in [5, 5.41) is 10.6. The number of halogens is 1. The van der Waals surface area contributed by atoms with Gasteiger partial charge in [-0.2, -0.15) is 5.10 Å². The maximum Gasteiger partial charge on any atom is 0.239 e. The molecule has 1 amide bonds. The van der Waals surface area contributed by atoms with Crippen LogP contribution in [0.2, 0.25) is 0 Å². The Morgan fingerprint density at radius 1 is 1.11 bits per heavy atom. The predicted octanol–water partition coefficient (Wildman–Crippen LogP) is 4.25. The molecule has 0 bridgehead atoms. The Morgan fingerprint density at radius 3 is 2.43 bits per heavy atom. The minimum atomic E-state index is -0.317. The molecule has 3 rings (SSSR count). The molecular formula is C22H25FN4O. The average molecular weight is 380 g/mol. The van der Waals surface area contributed by atoms with Crippen LogP contribution < -0.4 is 10.6 Å². The zero-order valence-corrected chi connectivity index (χ0v) is 16.3. The maximum absolute atomic E-state index is 13.2. The van der Waals surface area contributed by atoms with Gasteiger partial charge in [-0.15, -0.1) is 0 Å². The molecule has 1 unspecified atom stereocenters. The van der Waals surface area contributed by atoms with Crippen LogP contribution in [0.25, 0.3) is 5.69 Å². The van der Waals surface area contributed by atoms with Crippen molar-refractivity contribution >= 4 is 11.7 Å². The van der Waals surface area contributed by atoms with Gasteiger partial charge < -0.3 is 10.6 Å². The Morgan fingerprint density at radius 2 is 1.79 bits per heavy atom. The molecule has 1 heterocycles. The zero-order valence-electron chi connectivity index (χ0n) is 16.3. The molecule has 1 atom stereocenters. The van der Waals surface area contributed by atoms with Crippen LogP contribution in [-0.4, -0.2) is 22.2 Å². The highest BCUT2D eigenvalue weighted by molar-refractivity contribution is 5.91. The first kappa shape index (κ1) is 19.8. The Labute approximate surface area is 164 Å². The van der Waals surface area contributed by atoms with Gasteiger partial charge in [0.25, 0.3) is 0 Å². The second-order valence-electron chi connectivity index (χ2n) is 7.12. The lowest BCUT2D eigenvalue weighted by molar-refractivity contribution is -0.115. The Balaban J connectivity index is 1.69. The van der Waals surface area contributed by atoms with Gasteiger partial charge in [0.1, 0.15) is 11.6 Å². The van der Waals surface area contributed by atoms with Crippen LogP contribution in [0.3, 0.4) is 0 Å². The minimum absolute atomic E-state index is 0.0793. The van der Waals surface area contributed by atoms with Crippen molar-refractivity contribution in [2.75, 3.05) is 11.9 Å². The Kier molecular flexibility index (Phi) is 6.21. The van der Waals surface area contributed by atoms with E-state index in [9.17, 15) is 9.18 Å². The molecule has 2 N–H and O–H groups in total. The van der Waals surface area contributed by atoms with Gasteiger partial charge in [-0.25, -0.2) is 9.07 Å². The number of amides is 1. The number of carbonyl (C=O) groups is 1. The summed E-state index contributed by atoms with van der Waals surface area (Å²) in [4.78, 5) is 12.5. The summed E-state index contributed by atoms with van der Waals surface area (Å²) in [6, 6.07) is 17.9. The minimum Gasteiger partial charge on any atom is -0.309 e. The first-order valence-electron chi connectivity index (χ1n) is 9.35. The second-order valence-corrected chi connectivity index (χ2v) is 7.12. The normalized spacial score (nSPS) is 12.2. The fourth-order valence-corrected chi connectivity index (χ4v) is 3.16. The molecule has 3 aromatic rings. The highest BCUT2D eigenvalue weighted by Crippen LogP contribution is 2.21. The van der Waals surface area contributed by atoms with Crippen molar-refractivity contribution in [3.05, 3.63) is 77.7 Å². The number of hydrogen-bond donors (Lipinski definition) is 2. The third kappa shape index (κ3) is 4.84. The van der Waals surface area contributed by atoms with E-state index < -0.39 is 0 Å². The van der Waals surface area contributed by atoms with Crippen molar-refractivity contribution in [1.29, 1.82) is 0 Å². The topological polar surface area (TPSA) is 59.0 Å². The fraction of sp³-hybridized carbons (Fsp3) is 0.273. The van der Waals surface area contributed by atoms with Crippen molar-refractivity contribution in [3.8, 4) is 5.69 Å². The van der Waals surface area contributed by atoms with E-state index in [1.54, 1.807) is 22.9 Å². The monoisotopic (exact) mass is 380 g/mol. The van der Waals surface area contributed by atoms with Gasteiger partial charge in [0.05, 0.1) is 17.9 Å². The van der Waals surface area contributed by atoms with Gasteiger partial charge in [0.15, 0.2) is 0 Å². The summed E-state index contributed by atoms with van der Waals surface area (Å²) in [6.45, 7) is 6.26. The van der Waals surface area contributed by atoms with Crippen LogP contribution >= 0.6 is 0 Å². The second kappa shape index (κ2) is 8.80. The van der Waals surface area contributed by atoms with E-state index in [2.05, 4.69) is 41.7 Å². The predicted molar refractivity (Wildman–Crippen MR) is 109 cm³/mol. The van der Waals surface area contributed by atoms with Crippen molar-refractivity contribution in [2.45, 2.75) is 26.8 Å². The van der Waals surface area contributed by atoms with Crippen molar-refractivity contribution in [3.63, 3.8) is 0 Å². The van der Waals surface area contributed by atoms with Gasteiger partial charge >= 0.3 is 0 Å². The molecule has 0 saturated heterocycles. The largest absolute Gasteiger partial charge is 0.309 e. The summed E-state index contributed by atoms with van der Waals surface area (Å²) >= 11 is 0. The molecule has 2 aromatic carbocycles. The molecule has 0 fully saturated rings. The number of carbonyl (C=O) groups excluding carboxylic acids is 1. The van der Waals surface area contributed by atoms with E-state index >= 15 is 0 Å². The molecule has 1 aromatic heterocycles. The van der Waals surface area contributed by atoms with E-state index in [0.717, 1.165) is 11.3 Å². The molecule has 0 radical (unpaired) electrons. The quantitative estimate of drug-likeness (QED) is 0.644. The highest BCUT2D eigenvalue weighted by atomic mass is 19.1. The number of benzene rings is 2. The van der Waals surface area contributed by atoms with Crippen LogP contribution in [0.15, 0.2) is 60.7 Å². The van der Waals surface area contributed by atoms with Crippen LogP contribution in [0.5, 0.6) is 0 Å². The van der Waals surface area contributed by atoms with E-state index in [-0.39, 0.29) is 24.3 Å². The van der Waals surface area contributed by atoms with Gasteiger partial charge in [0.2, 0.25) is 5.91 Å². The van der Waals surface area contributed by atoms with Gasteiger partial charge in [-0.3, -0.25) is 4.79 Å². The summed E-state index contributed by atoms with van der Waals surface area (Å²) in [7, 11) is 0. The molecule has 0 aliphatic rings. The number of nitrogens with one attached hydrogen (secondary N) is 2. The number of rotatable bonds is 7. The van der Waals surface area contributed by atoms with Gasteiger partial charge in [0, 0.05) is 12.1 Å². The number of anilines is 1. The number of aromatic nitrogens is 2. The Bertz CT molecular complexity index is 919. The van der Waals surface area contributed by atoms with Gasteiger partial charge in [-0.1, -0.05) is 44.2 Å². The molecule has 28 heavy (non-hydrogen) atoms. The van der Waals surface area contributed by atoms with Gasteiger partial charge in [-0.05, 0) is 42.7 Å². The van der Waals surface area contributed by atoms with E-state index in [4.69, 9.17) is 0 Å². The summed E-state index contributed by atoms with van der Waals surface area (Å²) < 4.78 is 14.8. The summed E-state index contributed by atoms with van der Waals surface area (Å²) in [5.41, 5.74) is 2.59. The molecule has 146 valence electrons. The maximum atomic E-state index is 13.2. The van der Waals surface area contributed by atoms with Crippen LogP contribution in [0.1, 0.15) is 31.1 Å². The number of nitrogens with zero attached hydrogens (tertiary/aromatic N) is 2. The highest BCUT2D eigenvalue weighted by Gasteiger charge is 2.17. The molecular weight excluding hydrogens is 355 g/mol. The van der Waals surface area contributed by atoms with Crippen molar-refractivity contribution in [2.24, 2.45) is 5.92 Å². The molecule has 0 spiro atoms. The van der Waals surface area contributed by atoms with E-state index in [1.165, 1.54) is 12.1 Å². The lowest BCUT2D eigenvalue weighted by atomic mass is 9.96. The fourth-order valence-electron chi connectivity index (χ4n) is 3.16. The van der Waals surface area contributed by atoms with Crippen molar-refractivity contribution < 1.29 is 9.18 Å². The number of hydrogen-bond acceptors (Lipinski definition) is 3. The lowest BCUT2D eigenvalue weighted by Crippen LogP contribution is -2.34. The zero-order chi connectivity index (χ0) is 20.1. The smallest absolute Gasteiger partial charge is 0.239 e. The van der Waals surface area contributed by atoms with Crippen LogP contribution in [0, 0.1) is 18.7 Å². The summed E-state index contributed by atoms with van der Waals surface area (Å²) in [5.74, 6) is 0.409. The SMILES string of the molecule is Cc1cc(NC(=O)CNC(c2ccccc2)C(C)C)n(-c2ccc(F)cc2)n1. The first-order chi connectivity index (χ1) is 13.4. The molecule has 6 heteroatoms. The third-order valence-electron chi connectivity index (χ3n) is 4.48. The van der Waals surface area contributed by atoms with Crippen LogP contribution in [-0.2, 0) is 4.79 Å². The lowest BCUT2D eigenvalue weighted by Gasteiger charge is -2.22.